The zero-order valence-electron chi connectivity index (χ0n) is 20.4. The van der Waals surface area contributed by atoms with Gasteiger partial charge < -0.3 is 9.84 Å². The number of ketones is 1. The van der Waals surface area contributed by atoms with Gasteiger partial charge in [0.25, 0.3) is 5.92 Å². The highest BCUT2D eigenvalue weighted by atomic mass is 19.3. The van der Waals surface area contributed by atoms with Gasteiger partial charge in [0.15, 0.2) is 0 Å². The predicted molar refractivity (Wildman–Crippen MR) is 124 cm³/mol. The Balaban J connectivity index is 2.19. The molecular formula is C26H46F2O4. The van der Waals surface area contributed by atoms with E-state index in [-0.39, 0.29) is 36.4 Å². The standard InChI is InChI=1S/C26H46F2O4/c1-3-5-7-12-20-32-25(31)14-11-9-8-10-13-22-21(15-17-23(22)29)16-18-24(30)26(27,28)19-6-4-2/h21-22,24,30H,3-20H2,1-2H3/t21-,22-,24+/m1/s1. The maximum Gasteiger partial charge on any atom is 0.305 e. The Morgan fingerprint density at radius 1 is 1.03 bits per heavy atom. The number of ether oxygens (including phenoxy) is 1. The minimum absolute atomic E-state index is 0.0560. The van der Waals surface area contributed by atoms with E-state index in [2.05, 4.69) is 6.92 Å². The van der Waals surface area contributed by atoms with Crippen molar-refractivity contribution in [2.75, 3.05) is 6.61 Å². The molecule has 1 N–H and O–H groups in total. The first-order valence-corrected chi connectivity index (χ1v) is 13.1. The van der Waals surface area contributed by atoms with Gasteiger partial charge in [0.05, 0.1) is 6.61 Å². The molecule has 0 saturated heterocycles. The normalized spacial score (nSPS) is 20.0. The number of carbonyl (C=O) groups is 2. The third-order valence-corrected chi connectivity index (χ3v) is 6.81. The van der Waals surface area contributed by atoms with E-state index in [1.54, 1.807) is 0 Å². The molecule has 4 nitrogen and oxygen atoms in total. The van der Waals surface area contributed by atoms with Crippen molar-refractivity contribution >= 4 is 11.8 Å². The van der Waals surface area contributed by atoms with Crippen LogP contribution in [0.3, 0.4) is 0 Å². The summed E-state index contributed by atoms with van der Waals surface area (Å²) in [4.78, 5) is 24.0. The largest absolute Gasteiger partial charge is 0.466 e. The second-order valence-corrected chi connectivity index (χ2v) is 9.56. The van der Waals surface area contributed by atoms with Crippen molar-refractivity contribution in [1.29, 1.82) is 0 Å². The van der Waals surface area contributed by atoms with E-state index in [1.807, 2.05) is 6.92 Å². The van der Waals surface area contributed by atoms with Gasteiger partial charge in [0.2, 0.25) is 0 Å². The number of hydrogen-bond donors (Lipinski definition) is 1. The third-order valence-electron chi connectivity index (χ3n) is 6.81. The average molecular weight is 461 g/mol. The molecule has 3 atom stereocenters. The smallest absolute Gasteiger partial charge is 0.305 e. The number of aliphatic hydroxyl groups is 1. The van der Waals surface area contributed by atoms with Crippen molar-refractivity contribution in [3.63, 3.8) is 0 Å². The molecule has 1 fully saturated rings. The van der Waals surface area contributed by atoms with Gasteiger partial charge in [-0.1, -0.05) is 58.8 Å². The fraction of sp³-hybridized carbons (Fsp3) is 0.923. The topological polar surface area (TPSA) is 63.6 Å². The monoisotopic (exact) mass is 460 g/mol. The second kappa shape index (κ2) is 16.6. The molecule has 0 unspecified atom stereocenters. The SMILES string of the molecule is CCCCCCOC(=O)CCCCCC[C@H]1C(=O)CC[C@@H]1CC[C@H](O)C(F)(F)CCCC. The Morgan fingerprint density at radius 3 is 2.44 bits per heavy atom. The molecule has 6 heteroatoms. The lowest BCUT2D eigenvalue weighted by Gasteiger charge is -2.25. The molecule has 32 heavy (non-hydrogen) atoms. The van der Waals surface area contributed by atoms with E-state index in [0.29, 0.717) is 38.7 Å². The zero-order valence-corrected chi connectivity index (χ0v) is 20.4. The molecule has 1 saturated carbocycles. The average Bonchev–Trinajstić information content (AvgIpc) is 3.12. The molecule has 0 aromatic carbocycles. The van der Waals surface area contributed by atoms with Gasteiger partial charge in [-0.3, -0.25) is 9.59 Å². The van der Waals surface area contributed by atoms with Crippen LogP contribution in [-0.4, -0.2) is 35.5 Å². The number of esters is 1. The fourth-order valence-corrected chi connectivity index (χ4v) is 4.66. The number of Topliss-reactive ketones (excluding diaryl/α,β-unsaturated/α-hetero) is 1. The van der Waals surface area contributed by atoms with E-state index in [0.717, 1.165) is 57.8 Å². The molecule has 0 radical (unpaired) electrons. The molecule has 0 aliphatic heterocycles. The fourth-order valence-electron chi connectivity index (χ4n) is 4.66. The lowest BCUT2D eigenvalue weighted by Crippen LogP contribution is -2.34. The van der Waals surface area contributed by atoms with Gasteiger partial charge in [0.1, 0.15) is 11.9 Å². The first-order valence-electron chi connectivity index (χ1n) is 13.1. The number of rotatable bonds is 19. The Bertz CT molecular complexity index is 524. The van der Waals surface area contributed by atoms with Crippen LogP contribution in [-0.2, 0) is 14.3 Å². The van der Waals surface area contributed by atoms with Gasteiger partial charge in [-0.15, -0.1) is 0 Å². The van der Waals surface area contributed by atoms with Crippen LogP contribution in [0.15, 0.2) is 0 Å². The molecule has 0 bridgehead atoms. The summed E-state index contributed by atoms with van der Waals surface area (Å²) in [5.41, 5.74) is 0. The van der Waals surface area contributed by atoms with Gasteiger partial charge in [0, 0.05) is 25.2 Å². The minimum Gasteiger partial charge on any atom is -0.466 e. The second-order valence-electron chi connectivity index (χ2n) is 9.56. The predicted octanol–water partition coefficient (Wildman–Crippen LogP) is 7.01. The first-order chi connectivity index (χ1) is 15.3. The summed E-state index contributed by atoms with van der Waals surface area (Å²) in [5, 5.41) is 9.95. The van der Waals surface area contributed by atoms with Crippen LogP contribution in [0.1, 0.15) is 123 Å². The minimum atomic E-state index is -3.04. The zero-order chi connectivity index (χ0) is 23.8. The quantitative estimate of drug-likeness (QED) is 0.166. The molecule has 0 aromatic heterocycles. The number of hydrogen-bond acceptors (Lipinski definition) is 4. The summed E-state index contributed by atoms with van der Waals surface area (Å²) in [6.07, 6.45) is 10.2. The first kappa shape index (κ1) is 29.0. The molecule has 1 rings (SSSR count). The van der Waals surface area contributed by atoms with Crippen LogP contribution in [0, 0.1) is 11.8 Å². The van der Waals surface area contributed by atoms with Gasteiger partial charge in [-0.05, 0) is 50.9 Å². The molecule has 0 heterocycles. The highest BCUT2D eigenvalue weighted by Crippen LogP contribution is 2.38. The van der Waals surface area contributed by atoms with Crippen molar-refractivity contribution in [1.82, 2.24) is 0 Å². The maximum absolute atomic E-state index is 14.0. The van der Waals surface area contributed by atoms with Crippen molar-refractivity contribution in [3.05, 3.63) is 0 Å². The number of aliphatic hydroxyl groups excluding tert-OH is 1. The van der Waals surface area contributed by atoms with Gasteiger partial charge in [-0.2, -0.15) is 0 Å². The highest BCUT2D eigenvalue weighted by molar-refractivity contribution is 5.83. The third kappa shape index (κ3) is 11.7. The van der Waals surface area contributed by atoms with E-state index in [9.17, 15) is 23.5 Å². The molecular weight excluding hydrogens is 414 g/mol. The molecule has 188 valence electrons. The summed E-state index contributed by atoms with van der Waals surface area (Å²) >= 11 is 0. The molecule has 0 aromatic rings. The Morgan fingerprint density at radius 2 is 1.72 bits per heavy atom. The van der Waals surface area contributed by atoms with Crippen LogP contribution >= 0.6 is 0 Å². The summed E-state index contributed by atoms with van der Waals surface area (Å²) in [6, 6.07) is 0. The van der Waals surface area contributed by atoms with Crippen LogP contribution in [0.5, 0.6) is 0 Å². The van der Waals surface area contributed by atoms with Crippen LogP contribution in [0.2, 0.25) is 0 Å². The van der Waals surface area contributed by atoms with Crippen molar-refractivity contribution in [2.45, 2.75) is 135 Å². The lowest BCUT2D eigenvalue weighted by molar-refractivity contribution is -0.143. The Kier molecular flexibility index (Phi) is 15.0. The van der Waals surface area contributed by atoms with E-state index in [4.69, 9.17) is 4.74 Å². The lowest BCUT2D eigenvalue weighted by atomic mass is 9.85. The molecule has 0 spiro atoms. The van der Waals surface area contributed by atoms with Crippen molar-refractivity contribution in [3.8, 4) is 0 Å². The van der Waals surface area contributed by atoms with Crippen molar-refractivity contribution < 1.29 is 28.2 Å². The van der Waals surface area contributed by atoms with Crippen LogP contribution in [0.25, 0.3) is 0 Å². The molecule has 0 amide bonds. The van der Waals surface area contributed by atoms with Gasteiger partial charge in [-0.25, -0.2) is 8.78 Å². The summed E-state index contributed by atoms with van der Waals surface area (Å²) < 4.78 is 33.2. The summed E-state index contributed by atoms with van der Waals surface area (Å²) in [7, 11) is 0. The highest BCUT2D eigenvalue weighted by Gasteiger charge is 2.39. The van der Waals surface area contributed by atoms with E-state index < -0.39 is 12.0 Å². The van der Waals surface area contributed by atoms with E-state index in [1.165, 1.54) is 6.42 Å². The number of carbonyl (C=O) groups excluding carboxylic acids is 2. The maximum atomic E-state index is 14.0. The molecule has 1 aliphatic rings. The van der Waals surface area contributed by atoms with Crippen molar-refractivity contribution in [2.24, 2.45) is 11.8 Å². The number of unbranched alkanes of at least 4 members (excludes halogenated alkanes) is 7. The van der Waals surface area contributed by atoms with Crippen LogP contribution in [0.4, 0.5) is 8.78 Å². The summed E-state index contributed by atoms with van der Waals surface area (Å²) in [6.45, 7) is 4.53. The van der Waals surface area contributed by atoms with E-state index >= 15 is 0 Å². The Labute approximate surface area is 193 Å². The van der Waals surface area contributed by atoms with Crippen LogP contribution < -0.4 is 0 Å². The number of halogens is 2. The summed E-state index contributed by atoms with van der Waals surface area (Å²) in [5.74, 6) is -2.86. The number of alkyl halides is 2. The van der Waals surface area contributed by atoms with Gasteiger partial charge >= 0.3 is 5.97 Å². The Hall–Kier alpha value is -1.04. The molecule has 1 aliphatic carbocycles.